The van der Waals surface area contributed by atoms with Gasteiger partial charge in [-0.2, -0.15) is 0 Å². The van der Waals surface area contributed by atoms with E-state index in [2.05, 4.69) is 28.4 Å². The van der Waals surface area contributed by atoms with Crippen LogP contribution >= 0.6 is 0 Å². The molecule has 0 aliphatic carbocycles. The fraction of sp³-hybridized carbons (Fsp3) is 0.500. The van der Waals surface area contributed by atoms with Crippen LogP contribution in [-0.2, 0) is 0 Å². The first kappa shape index (κ1) is 8.51. The third-order valence-corrected chi connectivity index (χ3v) is 2.76. The van der Waals surface area contributed by atoms with Crippen LogP contribution in [0.15, 0.2) is 30.4 Å². The molecule has 0 aromatic carbocycles. The summed E-state index contributed by atoms with van der Waals surface area (Å²) >= 11 is 0. The highest BCUT2D eigenvalue weighted by Crippen LogP contribution is 2.23. The number of hydrogen-bond donors (Lipinski definition) is 1. The van der Waals surface area contributed by atoms with Crippen molar-refractivity contribution in [3.63, 3.8) is 0 Å². The Hall–Kier alpha value is -1.09. The van der Waals surface area contributed by atoms with Gasteiger partial charge in [-0.3, -0.25) is 0 Å². The Morgan fingerprint density at radius 3 is 2.85 bits per heavy atom. The zero-order valence-electron chi connectivity index (χ0n) is 7.74. The van der Waals surface area contributed by atoms with Gasteiger partial charge in [0.05, 0.1) is 0 Å². The van der Waals surface area contributed by atoms with Gasteiger partial charge in [0.1, 0.15) is 5.84 Å². The highest BCUT2D eigenvalue weighted by Gasteiger charge is 2.38. The third kappa shape index (κ3) is 1.40. The summed E-state index contributed by atoms with van der Waals surface area (Å²) in [6.07, 6.45) is 4.63. The second kappa shape index (κ2) is 3.34. The van der Waals surface area contributed by atoms with Crippen LogP contribution in [0, 0.1) is 0 Å². The van der Waals surface area contributed by atoms with E-state index in [4.69, 9.17) is 0 Å². The number of hydrogen-bond acceptors (Lipinski definition) is 2. The lowest BCUT2D eigenvalue weighted by molar-refractivity contribution is 0.346. The van der Waals surface area contributed by atoms with Crippen LogP contribution in [0.4, 0.5) is 0 Å². The van der Waals surface area contributed by atoms with Gasteiger partial charge in [0.2, 0.25) is 0 Å². The number of amidine groups is 1. The minimum Gasteiger partial charge on any atom is -0.351 e. The van der Waals surface area contributed by atoms with Crippen molar-refractivity contribution in [3.8, 4) is 0 Å². The summed E-state index contributed by atoms with van der Waals surface area (Å²) in [5, 5.41) is 3.45. The molecule has 1 N–H and O–H groups in total. The molecule has 0 spiro atoms. The first-order valence-electron chi connectivity index (χ1n) is 4.66. The van der Waals surface area contributed by atoms with Crippen molar-refractivity contribution in [2.24, 2.45) is 4.99 Å². The summed E-state index contributed by atoms with van der Waals surface area (Å²) in [5.41, 5.74) is 0. The molecule has 2 rings (SSSR count). The Morgan fingerprint density at radius 1 is 1.54 bits per heavy atom. The summed E-state index contributed by atoms with van der Waals surface area (Å²) < 4.78 is 0. The Kier molecular flexibility index (Phi) is 2.19. The van der Waals surface area contributed by atoms with Crippen LogP contribution in [-0.4, -0.2) is 35.9 Å². The molecule has 2 atom stereocenters. The van der Waals surface area contributed by atoms with Crippen LogP contribution in [0.25, 0.3) is 0 Å². The topological polar surface area (TPSA) is 27.6 Å². The molecule has 2 heterocycles. The first-order valence-corrected chi connectivity index (χ1v) is 4.66. The van der Waals surface area contributed by atoms with Gasteiger partial charge in [0.15, 0.2) is 0 Å². The number of likely N-dealkylation sites (tertiary alicyclic amines) is 1. The van der Waals surface area contributed by atoms with Crippen LogP contribution in [0.2, 0.25) is 0 Å². The SMILES string of the molecule is C=CN=C(C=C)N1CC2CC1CN2. The van der Waals surface area contributed by atoms with Crippen LogP contribution in [0.1, 0.15) is 6.42 Å². The maximum Gasteiger partial charge on any atom is 0.128 e. The molecule has 0 aromatic heterocycles. The highest BCUT2D eigenvalue weighted by molar-refractivity contribution is 5.93. The second-order valence-corrected chi connectivity index (χ2v) is 3.52. The Labute approximate surface area is 78.8 Å². The predicted octanol–water partition coefficient (Wildman–Crippen LogP) is 0.760. The van der Waals surface area contributed by atoms with Gasteiger partial charge in [-0.25, -0.2) is 4.99 Å². The fourth-order valence-electron chi connectivity index (χ4n) is 2.18. The van der Waals surface area contributed by atoms with E-state index in [0.29, 0.717) is 12.1 Å². The van der Waals surface area contributed by atoms with Crippen LogP contribution in [0.5, 0.6) is 0 Å². The van der Waals surface area contributed by atoms with Crippen molar-refractivity contribution in [1.82, 2.24) is 10.2 Å². The van der Waals surface area contributed by atoms with Gasteiger partial charge >= 0.3 is 0 Å². The molecule has 0 amide bonds. The fourth-order valence-corrected chi connectivity index (χ4v) is 2.18. The number of rotatable bonds is 2. The maximum atomic E-state index is 4.20. The number of piperazine rings is 1. The Morgan fingerprint density at radius 2 is 2.38 bits per heavy atom. The summed E-state index contributed by atoms with van der Waals surface area (Å²) in [4.78, 5) is 6.52. The van der Waals surface area contributed by atoms with Gasteiger partial charge in [-0.15, -0.1) is 0 Å². The molecule has 2 unspecified atom stereocenters. The average Bonchev–Trinajstić information content (AvgIpc) is 2.74. The van der Waals surface area contributed by atoms with E-state index in [1.807, 2.05) is 6.08 Å². The zero-order chi connectivity index (χ0) is 9.26. The van der Waals surface area contributed by atoms with Crippen molar-refractivity contribution >= 4 is 5.84 Å². The summed E-state index contributed by atoms with van der Waals surface area (Å²) in [6.45, 7) is 9.51. The molecule has 2 aliphatic heterocycles. The lowest BCUT2D eigenvalue weighted by Gasteiger charge is -2.28. The van der Waals surface area contributed by atoms with Crippen molar-refractivity contribution in [2.45, 2.75) is 18.5 Å². The van der Waals surface area contributed by atoms with Crippen molar-refractivity contribution < 1.29 is 0 Å². The van der Waals surface area contributed by atoms with Crippen LogP contribution in [0.3, 0.4) is 0 Å². The number of fused-ring (bicyclic) bond motifs is 2. The molecule has 0 aromatic rings. The van der Waals surface area contributed by atoms with E-state index in [0.717, 1.165) is 18.9 Å². The molecule has 2 saturated heterocycles. The van der Waals surface area contributed by atoms with Gasteiger partial charge in [0, 0.05) is 31.4 Å². The molecule has 0 saturated carbocycles. The number of aliphatic imine (C=N–C) groups is 1. The smallest absolute Gasteiger partial charge is 0.128 e. The van der Waals surface area contributed by atoms with Gasteiger partial charge < -0.3 is 10.2 Å². The van der Waals surface area contributed by atoms with Crippen LogP contribution < -0.4 is 5.32 Å². The minimum atomic E-state index is 0.613. The molecular weight excluding hydrogens is 162 g/mol. The van der Waals surface area contributed by atoms with Crippen molar-refractivity contribution in [2.75, 3.05) is 13.1 Å². The number of nitrogens with one attached hydrogen (secondary N) is 1. The molecular formula is C10H15N3. The third-order valence-electron chi connectivity index (χ3n) is 2.76. The van der Waals surface area contributed by atoms with Gasteiger partial charge in [0.25, 0.3) is 0 Å². The molecule has 3 heteroatoms. The molecule has 70 valence electrons. The van der Waals surface area contributed by atoms with Gasteiger partial charge in [-0.1, -0.05) is 13.2 Å². The predicted molar refractivity (Wildman–Crippen MR) is 54.7 cm³/mol. The normalized spacial score (nSPS) is 32.3. The van der Waals surface area contributed by atoms with E-state index in [-0.39, 0.29) is 0 Å². The largest absolute Gasteiger partial charge is 0.351 e. The highest BCUT2D eigenvalue weighted by atomic mass is 15.3. The Bertz CT molecular complexity index is 257. The first-order chi connectivity index (χ1) is 6.35. The lowest BCUT2D eigenvalue weighted by atomic mass is 10.2. The minimum absolute atomic E-state index is 0.613. The molecule has 2 bridgehead atoms. The summed E-state index contributed by atoms with van der Waals surface area (Å²) in [5.74, 6) is 0.962. The Balaban J connectivity index is 2.12. The summed E-state index contributed by atoms with van der Waals surface area (Å²) in [6, 6.07) is 1.27. The summed E-state index contributed by atoms with van der Waals surface area (Å²) in [7, 11) is 0. The average molecular weight is 177 g/mol. The van der Waals surface area contributed by atoms with E-state index in [1.54, 1.807) is 6.20 Å². The van der Waals surface area contributed by atoms with Crippen molar-refractivity contribution in [3.05, 3.63) is 25.4 Å². The quantitative estimate of drug-likeness (QED) is 0.498. The molecule has 0 radical (unpaired) electrons. The molecule has 2 aliphatic rings. The molecule has 3 nitrogen and oxygen atoms in total. The second-order valence-electron chi connectivity index (χ2n) is 3.52. The van der Waals surface area contributed by atoms with E-state index < -0.39 is 0 Å². The monoisotopic (exact) mass is 177 g/mol. The lowest BCUT2D eigenvalue weighted by Crippen LogP contribution is -2.45. The molecule has 2 fully saturated rings. The van der Waals surface area contributed by atoms with Crippen molar-refractivity contribution in [1.29, 1.82) is 0 Å². The number of nitrogens with zero attached hydrogens (tertiary/aromatic N) is 2. The standard InChI is InChI=1S/C10H15N3/c1-3-10(11-4-2)13-7-8-5-9(13)6-12-8/h3-4,8-9,12H,1-2,5-7H2. The molecule has 13 heavy (non-hydrogen) atoms. The van der Waals surface area contributed by atoms with Gasteiger partial charge in [-0.05, 0) is 12.5 Å². The maximum absolute atomic E-state index is 4.20. The zero-order valence-corrected chi connectivity index (χ0v) is 7.74. The van der Waals surface area contributed by atoms with E-state index in [9.17, 15) is 0 Å². The van der Waals surface area contributed by atoms with E-state index >= 15 is 0 Å². The van der Waals surface area contributed by atoms with E-state index in [1.165, 1.54) is 6.42 Å².